The van der Waals surface area contributed by atoms with E-state index in [9.17, 15) is 34.5 Å². The van der Waals surface area contributed by atoms with Crippen LogP contribution >= 0.6 is 0 Å². The Morgan fingerprint density at radius 1 is 0.864 bits per heavy atom. The number of carbonyl (C=O) groups excluding carboxylic acids is 4. The molecule has 0 saturated heterocycles. The quantitative estimate of drug-likeness (QED) is 0.400. The number of carboxylic acid groups (broad SMARTS) is 3. The molecule has 0 fully saturated rings. The maximum absolute atomic E-state index is 10.8. The van der Waals surface area contributed by atoms with Crippen LogP contribution in [0.25, 0.3) is 0 Å². The van der Waals surface area contributed by atoms with Crippen LogP contribution in [0.5, 0.6) is 0 Å². The number of hydrogen-bond donors (Lipinski definition) is 1. The van der Waals surface area contributed by atoms with Gasteiger partial charge >= 0.3 is 118 Å². The molecule has 1 atom stereocenters. The van der Waals surface area contributed by atoms with Crippen LogP contribution in [0.3, 0.4) is 0 Å². The summed E-state index contributed by atoms with van der Waals surface area (Å²) in [5, 5.41) is 31.6. The predicted octanol–water partition coefficient (Wildman–Crippen LogP) is -17.8. The molecule has 0 unspecified atom stereocenters. The molecule has 0 rings (SSSR count). The van der Waals surface area contributed by atoms with Gasteiger partial charge in [-0.1, -0.05) is 0 Å². The molecule has 0 aliphatic rings. The van der Waals surface area contributed by atoms with Crippen molar-refractivity contribution in [2.24, 2.45) is 5.73 Å². The molecular formula is C9H11N2Na4O7+. The van der Waals surface area contributed by atoms with Gasteiger partial charge in [0.25, 0.3) is 0 Å². The molecule has 0 aromatic rings. The Bertz CT molecular complexity index is 354. The second-order valence-corrected chi connectivity index (χ2v) is 3.49. The van der Waals surface area contributed by atoms with E-state index < -0.39 is 42.9 Å². The first-order chi connectivity index (χ1) is 8.23. The van der Waals surface area contributed by atoms with Crippen molar-refractivity contribution in [3.05, 3.63) is 0 Å². The minimum Gasteiger partial charge on any atom is -0.549 e. The number of rotatable bonds is 9. The normalized spacial score (nSPS) is 9.86. The summed E-state index contributed by atoms with van der Waals surface area (Å²) < 4.78 is 0. The summed E-state index contributed by atoms with van der Waals surface area (Å²) in [5.41, 5.74) is 4.82. The number of primary amides is 1. The van der Waals surface area contributed by atoms with Crippen LogP contribution in [0.4, 0.5) is 0 Å². The first-order valence-corrected chi connectivity index (χ1v) is 4.87. The second kappa shape index (κ2) is 19.2. The summed E-state index contributed by atoms with van der Waals surface area (Å²) in [6.45, 7) is -1.88. The maximum atomic E-state index is 10.8. The van der Waals surface area contributed by atoms with Crippen molar-refractivity contribution in [2.45, 2.75) is 18.9 Å². The van der Waals surface area contributed by atoms with Crippen molar-refractivity contribution in [1.82, 2.24) is 4.90 Å². The number of nitrogens with two attached hydrogens (primary N) is 1. The molecule has 102 valence electrons. The molecule has 0 heterocycles. The van der Waals surface area contributed by atoms with Crippen molar-refractivity contribution in [3.63, 3.8) is 0 Å². The molecular weight excluding hydrogens is 340 g/mol. The molecule has 0 spiro atoms. The molecule has 0 aromatic heterocycles. The monoisotopic (exact) mass is 351 g/mol. The molecule has 22 heavy (non-hydrogen) atoms. The number of amides is 1. The maximum Gasteiger partial charge on any atom is 1.00 e. The molecule has 0 aliphatic carbocycles. The van der Waals surface area contributed by atoms with Crippen LogP contribution in [-0.2, 0) is 19.2 Å². The fourth-order valence-electron chi connectivity index (χ4n) is 1.34. The van der Waals surface area contributed by atoms with E-state index in [2.05, 4.69) is 0 Å². The summed E-state index contributed by atoms with van der Waals surface area (Å²) in [6, 6.07) is -1.58. The van der Waals surface area contributed by atoms with E-state index in [1.54, 1.807) is 0 Å². The molecule has 9 nitrogen and oxygen atoms in total. The van der Waals surface area contributed by atoms with Crippen LogP contribution in [0.1, 0.15) is 12.8 Å². The van der Waals surface area contributed by atoms with E-state index in [0.29, 0.717) is 4.90 Å². The van der Waals surface area contributed by atoms with Crippen molar-refractivity contribution >= 4 is 23.8 Å². The van der Waals surface area contributed by atoms with Gasteiger partial charge in [0.1, 0.15) is 0 Å². The van der Waals surface area contributed by atoms with Crippen molar-refractivity contribution in [3.8, 4) is 0 Å². The predicted molar refractivity (Wildman–Crippen MR) is 48.8 cm³/mol. The Labute approximate surface area is 215 Å². The van der Waals surface area contributed by atoms with Crippen LogP contribution in [0.2, 0.25) is 0 Å². The Hall–Kier alpha value is 1.84. The van der Waals surface area contributed by atoms with Gasteiger partial charge in [0.15, 0.2) is 0 Å². The third-order valence-electron chi connectivity index (χ3n) is 2.04. The minimum absolute atomic E-state index is 0. The van der Waals surface area contributed by atoms with E-state index in [-0.39, 0.29) is 131 Å². The van der Waals surface area contributed by atoms with Gasteiger partial charge in [0.2, 0.25) is 5.91 Å². The van der Waals surface area contributed by atoms with Gasteiger partial charge in [-0.25, -0.2) is 0 Å². The number of nitrogens with zero attached hydrogens (tertiary/aromatic N) is 1. The van der Waals surface area contributed by atoms with E-state index in [0.717, 1.165) is 0 Å². The Morgan fingerprint density at radius 3 is 1.45 bits per heavy atom. The number of aliphatic carboxylic acids is 3. The first-order valence-electron chi connectivity index (χ1n) is 4.87. The summed E-state index contributed by atoms with van der Waals surface area (Å²) in [4.78, 5) is 42.6. The second-order valence-electron chi connectivity index (χ2n) is 3.49. The fourth-order valence-corrected chi connectivity index (χ4v) is 1.34. The van der Waals surface area contributed by atoms with Gasteiger partial charge in [-0.05, 0) is 6.42 Å². The van der Waals surface area contributed by atoms with Gasteiger partial charge < -0.3 is 35.4 Å². The van der Waals surface area contributed by atoms with Crippen LogP contribution in [-0.4, -0.2) is 47.8 Å². The van der Waals surface area contributed by atoms with E-state index in [1.807, 2.05) is 0 Å². The van der Waals surface area contributed by atoms with Crippen molar-refractivity contribution in [1.29, 1.82) is 0 Å². The van der Waals surface area contributed by atoms with Crippen molar-refractivity contribution < 1.29 is 153 Å². The summed E-state index contributed by atoms with van der Waals surface area (Å²) in [5.74, 6) is -5.84. The smallest absolute Gasteiger partial charge is 0.549 e. The van der Waals surface area contributed by atoms with E-state index in [1.165, 1.54) is 0 Å². The van der Waals surface area contributed by atoms with Gasteiger partial charge in [-0.15, -0.1) is 0 Å². The van der Waals surface area contributed by atoms with Gasteiger partial charge in [-0.2, -0.15) is 0 Å². The Kier molecular flexibility index (Phi) is 30.5. The van der Waals surface area contributed by atoms with Crippen LogP contribution in [0, 0.1) is 0 Å². The SMILES string of the molecule is NC(=O)CC[C@@H](C(=O)[O-])N(CC(=O)[O-])CC(=O)[O-].[Na+].[Na+].[Na+].[Na+]. The zero-order valence-electron chi connectivity index (χ0n) is 13.3. The molecule has 0 saturated carbocycles. The minimum atomic E-state index is -1.71. The number of carboxylic acids is 3. The average molecular weight is 351 g/mol. The summed E-state index contributed by atoms with van der Waals surface area (Å²) in [7, 11) is 0. The summed E-state index contributed by atoms with van der Waals surface area (Å²) >= 11 is 0. The van der Waals surface area contributed by atoms with Crippen molar-refractivity contribution in [2.75, 3.05) is 13.1 Å². The van der Waals surface area contributed by atoms with E-state index >= 15 is 0 Å². The zero-order chi connectivity index (χ0) is 14.3. The molecule has 13 heteroatoms. The van der Waals surface area contributed by atoms with Gasteiger partial charge in [-0.3, -0.25) is 9.69 Å². The largest absolute Gasteiger partial charge is 1.00 e. The topological polar surface area (TPSA) is 167 Å². The average Bonchev–Trinajstić information content (AvgIpc) is 2.14. The Balaban J connectivity index is -0.000000241. The zero-order valence-corrected chi connectivity index (χ0v) is 21.3. The molecule has 0 aliphatic heterocycles. The third-order valence-corrected chi connectivity index (χ3v) is 2.04. The number of carbonyl (C=O) groups is 4. The van der Waals surface area contributed by atoms with Crippen LogP contribution < -0.4 is 139 Å². The van der Waals surface area contributed by atoms with Gasteiger partial charge in [0.05, 0.1) is 23.9 Å². The standard InChI is InChI=1S/C9H14N2O7.4Na/c10-6(12)2-1-5(9(17)18)11(3-7(13)14)4-8(15)16;;;;/h5H,1-4H2,(H2,10,12)(H,13,14)(H,15,16)(H,17,18);;;;/q;4*+1/p-3/t5-;;;;/m0..../s1. The Morgan fingerprint density at radius 2 is 1.23 bits per heavy atom. The van der Waals surface area contributed by atoms with Crippen LogP contribution in [0.15, 0.2) is 0 Å². The third kappa shape index (κ3) is 18.2. The molecule has 0 bridgehead atoms. The summed E-state index contributed by atoms with van der Waals surface area (Å²) in [6.07, 6.45) is -0.715. The fraction of sp³-hybridized carbons (Fsp3) is 0.556. The van der Waals surface area contributed by atoms with E-state index in [4.69, 9.17) is 5.73 Å². The molecule has 1 amide bonds. The van der Waals surface area contributed by atoms with Gasteiger partial charge in [0, 0.05) is 19.5 Å². The molecule has 2 N–H and O–H groups in total. The first kappa shape index (κ1) is 35.0. The molecule has 0 radical (unpaired) electrons. The molecule has 0 aromatic carbocycles. The number of hydrogen-bond acceptors (Lipinski definition) is 8.